The first kappa shape index (κ1) is 25.9. The van der Waals surface area contributed by atoms with Gasteiger partial charge >= 0.3 is 0 Å². The van der Waals surface area contributed by atoms with Crippen LogP contribution in [0.1, 0.15) is 60.2 Å². The average Bonchev–Trinajstić information content (AvgIpc) is 3.17. The van der Waals surface area contributed by atoms with Crippen LogP contribution < -0.4 is 15.4 Å². The molecule has 0 aliphatic heterocycles. The number of fused-ring (bicyclic) bond motifs is 1. The zero-order valence-electron chi connectivity index (χ0n) is 21.2. The lowest BCUT2D eigenvalue weighted by Crippen LogP contribution is -2.50. The number of benzene rings is 2. The molecule has 10 heteroatoms. The van der Waals surface area contributed by atoms with Gasteiger partial charge in [0.05, 0.1) is 40.7 Å². The van der Waals surface area contributed by atoms with Crippen LogP contribution in [0.2, 0.25) is 5.02 Å². The second kappa shape index (κ2) is 9.52. The number of ether oxygens (including phenoxy) is 1. The Morgan fingerprint density at radius 2 is 2.00 bits per heavy atom. The molecule has 1 amide bonds. The second-order valence-corrected chi connectivity index (χ2v) is 10.8. The van der Waals surface area contributed by atoms with E-state index in [9.17, 15) is 18.8 Å². The lowest BCUT2D eigenvalue weighted by molar-refractivity contribution is -0.0901. The van der Waals surface area contributed by atoms with Crippen molar-refractivity contribution in [3.63, 3.8) is 0 Å². The van der Waals surface area contributed by atoms with Gasteiger partial charge in [-0.15, -0.1) is 0 Å². The Kier molecular flexibility index (Phi) is 6.48. The van der Waals surface area contributed by atoms with E-state index in [1.807, 2.05) is 6.07 Å². The number of nitriles is 1. The van der Waals surface area contributed by atoms with E-state index in [2.05, 4.69) is 46.6 Å². The molecule has 0 radical (unpaired) electrons. The largest absolute Gasteiger partial charge is 0.495 e. The number of nitrogens with zero attached hydrogens (tertiary/aromatic N) is 3. The van der Waals surface area contributed by atoms with Crippen LogP contribution in [0.4, 0.5) is 20.4 Å². The predicted octanol–water partition coefficient (Wildman–Crippen LogP) is 6.17. The van der Waals surface area contributed by atoms with Crippen molar-refractivity contribution in [1.29, 1.82) is 5.26 Å². The predicted molar refractivity (Wildman–Crippen MR) is 140 cm³/mol. The summed E-state index contributed by atoms with van der Waals surface area (Å²) in [6.45, 7) is 4.36. The molecular formula is C28H26ClF2N5O2. The molecule has 0 bridgehead atoms. The minimum absolute atomic E-state index is 0.0251. The Bertz CT molecular complexity index is 1480. The van der Waals surface area contributed by atoms with Crippen molar-refractivity contribution in [2.75, 3.05) is 12.4 Å². The third-order valence-electron chi connectivity index (χ3n) is 7.26. The maximum absolute atomic E-state index is 13.1. The lowest BCUT2D eigenvalue weighted by Gasteiger charge is -2.35. The van der Waals surface area contributed by atoms with Gasteiger partial charge in [-0.25, -0.2) is 18.7 Å². The molecule has 0 saturated heterocycles. The number of methoxy groups -OCH3 is 1. The standard InChI is InChI=1S/C28H26ClF2N5O2/c1-27(2)6-4-18-16(14-32)8-15(9-20(18)27)22-5-7-33-26(35-22)36-23-11-21(29)19(10-24(23)38-3)25(37)34-17-12-28(30,31)13-17/h5,7-11,17H,4,6,12-13H2,1-3H3,(H,34,37)(H,33,35,36). The summed E-state index contributed by atoms with van der Waals surface area (Å²) in [7, 11) is 1.44. The minimum Gasteiger partial charge on any atom is -0.495 e. The highest BCUT2D eigenvalue weighted by molar-refractivity contribution is 6.34. The first-order valence-electron chi connectivity index (χ1n) is 12.2. The number of halogens is 3. The van der Waals surface area contributed by atoms with Gasteiger partial charge in [-0.05, 0) is 59.7 Å². The van der Waals surface area contributed by atoms with Gasteiger partial charge < -0.3 is 15.4 Å². The molecule has 0 atom stereocenters. The summed E-state index contributed by atoms with van der Waals surface area (Å²) in [5, 5.41) is 15.5. The molecule has 0 unspecified atom stereocenters. The number of carbonyl (C=O) groups excluding carboxylic acids is 1. The Morgan fingerprint density at radius 1 is 1.24 bits per heavy atom. The summed E-state index contributed by atoms with van der Waals surface area (Å²) in [5.41, 5.74) is 4.89. The van der Waals surface area contributed by atoms with Crippen molar-refractivity contribution in [3.05, 3.63) is 63.8 Å². The monoisotopic (exact) mass is 537 g/mol. The molecule has 0 spiro atoms. The summed E-state index contributed by atoms with van der Waals surface area (Å²) in [6.07, 6.45) is 2.69. The number of alkyl halides is 2. The number of anilines is 2. The number of carbonyl (C=O) groups is 1. The van der Waals surface area contributed by atoms with E-state index in [1.165, 1.54) is 19.2 Å². The summed E-state index contributed by atoms with van der Waals surface area (Å²) in [5.74, 6) is -2.72. The number of amides is 1. The Hall–Kier alpha value is -3.77. The summed E-state index contributed by atoms with van der Waals surface area (Å²) >= 11 is 6.39. The van der Waals surface area contributed by atoms with Crippen molar-refractivity contribution >= 4 is 29.1 Å². The van der Waals surface area contributed by atoms with Gasteiger partial charge in [0.2, 0.25) is 5.95 Å². The fraction of sp³-hybridized carbons (Fsp3) is 0.357. The van der Waals surface area contributed by atoms with E-state index in [0.29, 0.717) is 22.7 Å². The van der Waals surface area contributed by atoms with Crippen LogP contribution in [0.15, 0.2) is 36.5 Å². The van der Waals surface area contributed by atoms with E-state index < -0.39 is 30.7 Å². The van der Waals surface area contributed by atoms with Crippen LogP contribution >= 0.6 is 11.6 Å². The van der Waals surface area contributed by atoms with Crippen molar-refractivity contribution < 1.29 is 18.3 Å². The molecule has 1 aromatic heterocycles. The molecule has 2 aliphatic rings. The lowest BCUT2D eigenvalue weighted by atomic mass is 9.84. The summed E-state index contributed by atoms with van der Waals surface area (Å²) < 4.78 is 31.7. The van der Waals surface area contributed by atoms with E-state index >= 15 is 0 Å². The molecule has 1 heterocycles. The average molecular weight is 538 g/mol. The van der Waals surface area contributed by atoms with Gasteiger partial charge in [-0.2, -0.15) is 5.26 Å². The van der Waals surface area contributed by atoms with Crippen LogP contribution in [-0.4, -0.2) is 34.9 Å². The van der Waals surface area contributed by atoms with E-state index in [1.54, 1.807) is 12.3 Å². The first-order chi connectivity index (χ1) is 18.0. The van der Waals surface area contributed by atoms with Gasteiger partial charge in [-0.3, -0.25) is 4.79 Å². The molecule has 3 aromatic rings. The van der Waals surface area contributed by atoms with Gasteiger partial charge in [0.25, 0.3) is 11.8 Å². The SMILES string of the molecule is COc1cc(C(=O)NC2CC(F)(F)C2)c(Cl)cc1Nc1nccc(-c2cc(C#N)c3c(c2)C(C)(C)CC3)n1. The fourth-order valence-electron chi connectivity index (χ4n) is 5.09. The molecule has 5 rings (SSSR count). The van der Waals surface area contributed by atoms with Gasteiger partial charge in [0.1, 0.15) is 5.75 Å². The minimum atomic E-state index is -2.74. The van der Waals surface area contributed by atoms with Crippen LogP contribution in [0.5, 0.6) is 5.75 Å². The molecule has 2 N–H and O–H groups in total. The summed E-state index contributed by atoms with van der Waals surface area (Å²) in [6, 6.07) is 10.4. The van der Waals surface area contributed by atoms with Crippen LogP contribution in [0.25, 0.3) is 11.3 Å². The molecule has 7 nitrogen and oxygen atoms in total. The zero-order chi connectivity index (χ0) is 27.2. The van der Waals surface area contributed by atoms with Crippen molar-refractivity contribution in [2.24, 2.45) is 0 Å². The normalized spacial score (nSPS) is 17.2. The number of hydrogen-bond acceptors (Lipinski definition) is 6. The molecular weight excluding hydrogens is 512 g/mol. The van der Waals surface area contributed by atoms with E-state index in [0.717, 1.165) is 29.5 Å². The maximum atomic E-state index is 13.1. The second-order valence-electron chi connectivity index (χ2n) is 10.4. The number of hydrogen-bond donors (Lipinski definition) is 2. The Balaban J connectivity index is 1.41. The number of nitrogens with one attached hydrogen (secondary N) is 2. The van der Waals surface area contributed by atoms with Crippen LogP contribution in [0.3, 0.4) is 0 Å². The molecule has 1 fully saturated rings. The van der Waals surface area contributed by atoms with Crippen LogP contribution in [0, 0.1) is 11.3 Å². The van der Waals surface area contributed by atoms with Gasteiger partial charge in [0, 0.05) is 30.6 Å². The molecule has 196 valence electrons. The van der Waals surface area contributed by atoms with Gasteiger partial charge in [0.15, 0.2) is 0 Å². The number of aromatic nitrogens is 2. The quantitative estimate of drug-likeness (QED) is 0.390. The topological polar surface area (TPSA) is 99.9 Å². The molecule has 2 aromatic carbocycles. The highest BCUT2D eigenvalue weighted by Crippen LogP contribution is 2.42. The molecule has 2 aliphatic carbocycles. The zero-order valence-corrected chi connectivity index (χ0v) is 21.9. The highest BCUT2D eigenvalue weighted by atomic mass is 35.5. The Labute approximate surface area is 224 Å². The third kappa shape index (κ3) is 4.88. The smallest absolute Gasteiger partial charge is 0.253 e. The van der Waals surface area contributed by atoms with Gasteiger partial charge in [-0.1, -0.05) is 25.4 Å². The Morgan fingerprint density at radius 3 is 2.68 bits per heavy atom. The van der Waals surface area contributed by atoms with Crippen molar-refractivity contribution in [3.8, 4) is 23.1 Å². The first-order valence-corrected chi connectivity index (χ1v) is 12.6. The van der Waals surface area contributed by atoms with E-state index in [4.69, 9.17) is 16.3 Å². The third-order valence-corrected chi connectivity index (χ3v) is 7.57. The van der Waals surface area contributed by atoms with Crippen molar-refractivity contribution in [2.45, 2.75) is 56.9 Å². The summed E-state index contributed by atoms with van der Waals surface area (Å²) in [4.78, 5) is 21.6. The van der Waals surface area contributed by atoms with Crippen LogP contribution in [-0.2, 0) is 11.8 Å². The molecule has 1 saturated carbocycles. The maximum Gasteiger partial charge on any atom is 0.253 e. The van der Waals surface area contributed by atoms with Crippen molar-refractivity contribution in [1.82, 2.24) is 15.3 Å². The number of rotatable bonds is 6. The fourth-order valence-corrected chi connectivity index (χ4v) is 5.33. The molecule has 38 heavy (non-hydrogen) atoms. The van der Waals surface area contributed by atoms with E-state index in [-0.39, 0.29) is 21.9 Å². The highest BCUT2D eigenvalue weighted by Gasteiger charge is 2.46.